The lowest BCUT2D eigenvalue weighted by Gasteiger charge is -2.30. The average molecular weight is 246 g/mol. The zero-order chi connectivity index (χ0) is 13.1. The highest BCUT2D eigenvalue weighted by Crippen LogP contribution is 2.22. The number of ketones is 1. The summed E-state index contributed by atoms with van der Waals surface area (Å²) in [5, 5.41) is 0. The van der Waals surface area contributed by atoms with Crippen molar-refractivity contribution in [2.45, 2.75) is 26.7 Å². The molecule has 0 N–H and O–H groups in total. The van der Waals surface area contributed by atoms with Crippen molar-refractivity contribution in [3.63, 3.8) is 0 Å². The van der Waals surface area contributed by atoms with Crippen molar-refractivity contribution < 1.29 is 9.59 Å². The van der Waals surface area contributed by atoms with E-state index in [0.717, 1.165) is 24.0 Å². The fourth-order valence-electron chi connectivity index (χ4n) is 2.40. The van der Waals surface area contributed by atoms with E-state index in [2.05, 4.69) is 4.98 Å². The van der Waals surface area contributed by atoms with Crippen LogP contribution in [0.1, 0.15) is 35.7 Å². The first kappa shape index (κ1) is 12.7. The number of hydrogen-bond acceptors (Lipinski definition) is 3. The Labute approximate surface area is 107 Å². The van der Waals surface area contributed by atoms with Crippen molar-refractivity contribution in [1.29, 1.82) is 0 Å². The number of nitrogens with zero attached hydrogens (tertiary/aromatic N) is 2. The molecule has 1 aliphatic rings. The lowest BCUT2D eigenvalue weighted by atomic mass is 9.88. The highest BCUT2D eigenvalue weighted by atomic mass is 16.2. The molecule has 2 heterocycles. The number of pyridine rings is 1. The SMILES string of the molecule is CC(=O)N1CCC(C(=O)c2cnccc2C)CC1. The number of aryl methyl sites for hydroxylation is 1. The van der Waals surface area contributed by atoms with Crippen molar-refractivity contribution in [2.75, 3.05) is 13.1 Å². The number of Topliss-reactive ketones (excluding diaryl/α,β-unsaturated/α-hetero) is 1. The molecule has 0 atom stereocenters. The fourth-order valence-corrected chi connectivity index (χ4v) is 2.40. The van der Waals surface area contributed by atoms with Crippen molar-refractivity contribution in [2.24, 2.45) is 5.92 Å². The summed E-state index contributed by atoms with van der Waals surface area (Å²) in [4.78, 5) is 29.4. The van der Waals surface area contributed by atoms with Crippen LogP contribution in [-0.2, 0) is 4.79 Å². The topological polar surface area (TPSA) is 50.3 Å². The Bertz CT molecular complexity index is 463. The van der Waals surface area contributed by atoms with Crippen LogP contribution in [0, 0.1) is 12.8 Å². The number of hydrogen-bond donors (Lipinski definition) is 0. The molecule has 0 bridgehead atoms. The molecule has 1 aromatic rings. The highest BCUT2D eigenvalue weighted by molar-refractivity contribution is 5.98. The first-order chi connectivity index (χ1) is 8.59. The number of carbonyl (C=O) groups excluding carboxylic acids is 2. The van der Waals surface area contributed by atoms with Gasteiger partial charge in [-0.15, -0.1) is 0 Å². The van der Waals surface area contributed by atoms with Gasteiger partial charge in [0.15, 0.2) is 5.78 Å². The van der Waals surface area contributed by atoms with Gasteiger partial charge < -0.3 is 4.90 Å². The van der Waals surface area contributed by atoms with E-state index in [0.29, 0.717) is 13.1 Å². The Morgan fingerprint density at radius 2 is 2.00 bits per heavy atom. The third kappa shape index (κ3) is 2.58. The van der Waals surface area contributed by atoms with E-state index in [1.807, 2.05) is 13.0 Å². The largest absolute Gasteiger partial charge is 0.343 e. The van der Waals surface area contributed by atoms with Gasteiger partial charge in [-0.1, -0.05) is 0 Å². The molecule has 1 aromatic heterocycles. The van der Waals surface area contributed by atoms with Crippen molar-refractivity contribution >= 4 is 11.7 Å². The van der Waals surface area contributed by atoms with Crippen molar-refractivity contribution in [1.82, 2.24) is 9.88 Å². The molecule has 0 aromatic carbocycles. The maximum Gasteiger partial charge on any atom is 0.219 e. The van der Waals surface area contributed by atoms with Gasteiger partial charge in [0.05, 0.1) is 0 Å². The first-order valence-electron chi connectivity index (χ1n) is 6.30. The van der Waals surface area contributed by atoms with Gasteiger partial charge in [0.25, 0.3) is 0 Å². The molecule has 96 valence electrons. The summed E-state index contributed by atoms with van der Waals surface area (Å²) in [5.41, 5.74) is 1.70. The molecular weight excluding hydrogens is 228 g/mol. The maximum absolute atomic E-state index is 12.4. The molecule has 1 saturated heterocycles. The van der Waals surface area contributed by atoms with Crippen LogP contribution in [0.3, 0.4) is 0 Å². The number of amides is 1. The summed E-state index contributed by atoms with van der Waals surface area (Å²) in [6.45, 7) is 4.88. The van der Waals surface area contributed by atoms with Crippen LogP contribution in [0.5, 0.6) is 0 Å². The Balaban J connectivity index is 2.04. The Morgan fingerprint density at radius 1 is 1.33 bits per heavy atom. The first-order valence-corrected chi connectivity index (χ1v) is 6.30. The average Bonchev–Trinajstić information content (AvgIpc) is 2.38. The van der Waals surface area contributed by atoms with Crippen LogP contribution in [0.4, 0.5) is 0 Å². The standard InChI is InChI=1S/C14H18N2O2/c1-10-3-6-15-9-13(10)14(18)12-4-7-16(8-5-12)11(2)17/h3,6,9,12H,4-5,7-8H2,1-2H3. The van der Waals surface area contributed by atoms with Gasteiger partial charge in [-0.2, -0.15) is 0 Å². The summed E-state index contributed by atoms with van der Waals surface area (Å²) in [5.74, 6) is 0.297. The molecule has 1 fully saturated rings. The minimum Gasteiger partial charge on any atom is -0.343 e. The lowest BCUT2D eigenvalue weighted by Crippen LogP contribution is -2.39. The summed E-state index contributed by atoms with van der Waals surface area (Å²) in [6, 6.07) is 1.86. The predicted molar refractivity (Wildman–Crippen MR) is 68.3 cm³/mol. The number of likely N-dealkylation sites (tertiary alicyclic amines) is 1. The Morgan fingerprint density at radius 3 is 2.56 bits per heavy atom. The number of rotatable bonds is 2. The zero-order valence-corrected chi connectivity index (χ0v) is 10.8. The second kappa shape index (κ2) is 5.29. The maximum atomic E-state index is 12.4. The van der Waals surface area contributed by atoms with Gasteiger partial charge in [-0.05, 0) is 31.4 Å². The van der Waals surface area contributed by atoms with Crippen LogP contribution >= 0.6 is 0 Å². The molecular formula is C14H18N2O2. The summed E-state index contributed by atoms with van der Waals surface area (Å²) >= 11 is 0. The molecule has 0 saturated carbocycles. The van der Waals surface area contributed by atoms with E-state index < -0.39 is 0 Å². The highest BCUT2D eigenvalue weighted by Gasteiger charge is 2.27. The predicted octanol–water partition coefficient (Wildman–Crippen LogP) is 1.83. The molecule has 0 spiro atoms. The van der Waals surface area contributed by atoms with Gasteiger partial charge in [0, 0.05) is 43.9 Å². The minimum atomic E-state index is 0.0310. The molecule has 4 heteroatoms. The fraction of sp³-hybridized carbons (Fsp3) is 0.500. The molecule has 0 aliphatic carbocycles. The van der Waals surface area contributed by atoms with Gasteiger partial charge in [-0.25, -0.2) is 0 Å². The van der Waals surface area contributed by atoms with Crippen LogP contribution < -0.4 is 0 Å². The Kier molecular flexibility index (Phi) is 3.75. The van der Waals surface area contributed by atoms with Gasteiger partial charge >= 0.3 is 0 Å². The quantitative estimate of drug-likeness (QED) is 0.748. The van der Waals surface area contributed by atoms with Crippen LogP contribution in [-0.4, -0.2) is 34.7 Å². The molecule has 2 rings (SSSR count). The zero-order valence-electron chi connectivity index (χ0n) is 10.8. The van der Waals surface area contributed by atoms with Crippen LogP contribution in [0.2, 0.25) is 0 Å². The lowest BCUT2D eigenvalue weighted by molar-refractivity contribution is -0.130. The second-order valence-electron chi connectivity index (χ2n) is 4.84. The number of carbonyl (C=O) groups is 2. The van der Waals surface area contributed by atoms with E-state index in [4.69, 9.17) is 0 Å². The third-order valence-electron chi connectivity index (χ3n) is 3.62. The molecule has 4 nitrogen and oxygen atoms in total. The normalized spacial score (nSPS) is 16.7. The smallest absolute Gasteiger partial charge is 0.219 e. The van der Waals surface area contributed by atoms with Crippen molar-refractivity contribution in [3.8, 4) is 0 Å². The number of piperidine rings is 1. The number of aromatic nitrogens is 1. The van der Waals surface area contributed by atoms with E-state index in [1.54, 1.807) is 24.2 Å². The van der Waals surface area contributed by atoms with Crippen molar-refractivity contribution in [3.05, 3.63) is 29.6 Å². The van der Waals surface area contributed by atoms with Gasteiger partial charge in [0.2, 0.25) is 5.91 Å². The molecule has 1 aliphatic heterocycles. The molecule has 0 unspecified atom stereocenters. The van der Waals surface area contributed by atoms with E-state index in [1.165, 1.54) is 0 Å². The van der Waals surface area contributed by atoms with Crippen LogP contribution in [0.15, 0.2) is 18.5 Å². The molecule has 0 radical (unpaired) electrons. The monoisotopic (exact) mass is 246 g/mol. The van der Waals surface area contributed by atoms with E-state index >= 15 is 0 Å². The second-order valence-corrected chi connectivity index (χ2v) is 4.84. The van der Waals surface area contributed by atoms with E-state index in [-0.39, 0.29) is 17.6 Å². The van der Waals surface area contributed by atoms with Crippen LogP contribution in [0.25, 0.3) is 0 Å². The summed E-state index contributed by atoms with van der Waals surface area (Å²) in [7, 11) is 0. The summed E-state index contributed by atoms with van der Waals surface area (Å²) < 4.78 is 0. The third-order valence-corrected chi connectivity index (χ3v) is 3.62. The molecule has 18 heavy (non-hydrogen) atoms. The molecule has 1 amide bonds. The Hall–Kier alpha value is -1.71. The van der Waals surface area contributed by atoms with Gasteiger partial charge in [-0.3, -0.25) is 14.6 Å². The van der Waals surface area contributed by atoms with Gasteiger partial charge in [0.1, 0.15) is 0 Å². The van der Waals surface area contributed by atoms with E-state index in [9.17, 15) is 9.59 Å². The summed E-state index contributed by atoms with van der Waals surface area (Å²) in [6.07, 6.45) is 4.86. The minimum absolute atomic E-state index is 0.0310.